The first-order valence-electron chi connectivity index (χ1n) is 9.31. The molecule has 0 spiro atoms. The molecule has 1 atom stereocenters. The predicted octanol–water partition coefficient (Wildman–Crippen LogP) is 1.43. The van der Waals surface area contributed by atoms with Crippen LogP contribution in [0.4, 0.5) is 0 Å². The molecule has 0 aromatic heterocycles. The molecular weight excluding hydrogens is 344 g/mol. The molecule has 1 aliphatic carbocycles. The average molecular weight is 375 g/mol. The van der Waals surface area contributed by atoms with E-state index >= 15 is 0 Å². The van der Waals surface area contributed by atoms with Crippen LogP contribution in [0.5, 0.6) is 0 Å². The smallest absolute Gasteiger partial charge is 0.331 e. The van der Waals surface area contributed by atoms with Crippen LogP contribution in [-0.4, -0.2) is 55.6 Å². The number of amides is 1. The van der Waals surface area contributed by atoms with E-state index < -0.39 is 21.5 Å². The van der Waals surface area contributed by atoms with Gasteiger partial charge in [-0.05, 0) is 39.5 Å². The van der Waals surface area contributed by atoms with Gasteiger partial charge in [-0.3, -0.25) is 4.79 Å². The Morgan fingerprint density at radius 3 is 2.44 bits per heavy atom. The molecule has 2 aliphatic rings. The maximum atomic E-state index is 12.8. The molecule has 1 saturated carbocycles. The summed E-state index contributed by atoms with van der Waals surface area (Å²) in [6, 6.07) is 0. The number of nitrogens with one attached hydrogen (secondary N) is 1. The van der Waals surface area contributed by atoms with Gasteiger partial charge in [0.15, 0.2) is 0 Å². The van der Waals surface area contributed by atoms with E-state index in [1.54, 1.807) is 13.8 Å². The lowest BCUT2D eigenvalue weighted by Crippen LogP contribution is -2.59. The van der Waals surface area contributed by atoms with E-state index in [1.165, 1.54) is 4.31 Å². The van der Waals surface area contributed by atoms with E-state index in [1.807, 2.05) is 0 Å². The molecule has 8 heteroatoms. The summed E-state index contributed by atoms with van der Waals surface area (Å²) < 4.78 is 30.8. The molecule has 7 nitrogen and oxygen atoms in total. The maximum absolute atomic E-state index is 12.8. The lowest BCUT2D eigenvalue weighted by molar-refractivity contribution is -0.155. The molecule has 1 heterocycles. The molecule has 1 saturated heterocycles. The molecule has 0 radical (unpaired) electrons. The van der Waals surface area contributed by atoms with Crippen LogP contribution in [0.25, 0.3) is 0 Å². The summed E-state index contributed by atoms with van der Waals surface area (Å²) >= 11 is 0. The van der Waals surface area contributed by atoms with Crippen LogP contribution in [0.15, 0.2) is 0 Å². The summed E-state index contributed by atoms with van der Waals surface area (Å²) in [5.74, 6) is -0.972. The van der Waals surface area contributed by atoms with Crippen LogP contribution in [0.3, 0.4) is 0 Å². The zero-order chi connectivity index (χ0) is 18.5. The van der Waals surface area contributed by atoms with Gasteiger partial charge >= 0.3 is 5.97 Å². The molecule has 1 N–H and O–H groups in total. The van der Waals surface area contributed by atoms with E-state index in [-0.39, 0.29) is 30.8 Å². The molecule has 0 aromatic carbocycles. The molecule has 144 valence electrons. The second-order valence-electron chi connectivity index (χ2n) is 6.95. The number of sulfonamides is 1. The molecule has 0 bridgehead atoms. The number of hydrogen-bond acceptors (Lipinski definition) is 5. The van der Waals surface area contributed by atoms with Crippen LogP contribution in [0, 0.1) is 5.92 Å². The van der Waals surface area contributed by atoms with Crippen LogP contribution < -0.4 is 5.32 Å². The maximum Gasteiger partial charge on any atom is 0.331 e. The standard InChI is InChI=1S/C17H30N2O5S/c1-3-24-16(21)17(10-6-5-7-11-17)18-15(20)14-9-8-12-19(13-14)25(22,23)4-2/h14H,3-13H2,1-2H3,(H,18,20)/t14-/m1/s1. The van der Waals surface area contributed by atoms with E-state index in [9.17, 15) is 18.0 Å². The van der Waals surface area contributed by atoms with Gasteiger partial charge in [-0.1, -0.05) is 19.3 Å². The minimum absolute atomic E-state index is 0.0358. The zero-order valence-electron chi connectivity index (χ0n) is 15.3. The second-order valence-corrected chi connectivity index (χ2v) is 9.21. The topological polar surface area (TPSA) is 92.8 Å². The highest BCUT2D eigenvalue weighted by Crippen LogP contribution is 2.31. The first-order chi connectivity index (χ1) is 11.8. The van der Waals surface area contributed by atoms with Crippen molar-refractivity contribution >= 4 is 21.9 Å². The van der Waals surface area contributed by atoms with Gasteiger partial charge in [-0.25, -0.2) is 17.5 Å². The minimum Gasteiger partial charge on any atom is -0.464 e. The lowest BCUT2D eigenvalue weighted by Gasteiger charge is -2.38. The lowest BCUT2D eigenvalue weighted by atomic mass is 9.81. The Balaban J connectivity index is 2.08. The van der Waals surface area contributed by atoms with Crippen molar-refractivity contribution in [2.75, 3.05) is 25.4 Å². The van der Waals surface area contributed by atoms with Gasteiger partial charge in [0.25, 0.3) is 0 Å². The SMILES string of the molecule is CCOC(=O)C1(NC(=O)[C@@H]2CCCN(S(=O)(=O)CC)C2)CCCCC1. The van der Waals surface area contributed by atoms with Gasteiger partial charge in [0.1, 0.15) is 5.54 Å². The highest BCUT2D eigenvalue weighted by atomic mass is 32.2. The third-order valence-electron chi connectivity index (χ3n) is 5.25. The van der Waals surface area contributed by atoms with E-state index in [2.05, 4.69) is 5.32 Å². The number of carbonyl (C=O) groups is 2. The summed E-state index contributed by atoms with van der Waals surface area (Å²) in [4.78, 5) is 25.3. The Hall–Kier alpha value is -1.15. The van der Waals surface area contributed by atoms with Gasteiger partial charge < -0.3 is 10.1 Å². The Morgan fingerprint density at radius 1 is 1.16 bits per heavy atom. The average Bonchev–Trinajstić information content (AvgIpc) is 2.62. The predicted molar refractivity (Wildman–Crippen MR) is 94.3 cm³/mol. The number of hydrogen-bond donors (Lipinski definition) is 1. The van der Waals surface area contributed by atoms with Crippen molar-refractivity contribution in [3.63, 3.8) is 0 Å². The van der Waals surface area contributed by atoms with Crippen LogP contribution >= 0.6 is 0 Å². The van der Waals surface area contributed by atoms with Gasteiger partial charge in [-0.15, -0.1) is 0 Å². The van der Waals surface area contributed by atoms with E-state index in [4.69, 9.17) is 4.74 Å². The number of esters is 1. The number of ether oxygens (including phenoxy) is 1. The summed E-state index contributed by atoms with van der Waals surface area (Å²) in [6.07, 6.45) is 5.26. The Morgan fingerprint density at radius 2 is 1.84 bits per heavy atom. The van der Waals surface area contributed by atoms with Crippen molar-refractivity contribution in [1.29, 1.82) is 0 Å². The fourth-order valence-electron chi connectivity index (χ4n) is 3.73. The van der Waals surface area contributed by atoms with Gasteiger partial charge in [-0.2, -0.15) is 0 Å². The van der Waals surface area contributed by atoms with Crippen LogP contribution in [0.2, 0.25) is 0 Å². The Labute approximate surface area is 150 Å². The third-order valence-corrected chi connectivity index (χ3v) is 7.10. The molecule has 0 unspecified atom stereocenters. The summed E-state index contributed by atoms with van der Waals surface area (Å²) in [6.45, 7) is 4.30. The highest BCUT2D eigenvalue weighted by molar-refractivity contribution is 7.89. The largest absolute Gasteiger partial charge is 0.464 e. The quantitative estimate of drug-likeness (QED) is 0.710. The fraction of sp³-hybridized carbons (Fsp3) is 0.882. The van der Waals surface area contributed by atoms with Crippen LogP contribution in [-0.2, 0) is 24.3 Å². The van der Waals surface area contributed by atoms with Crippen molar-refractivity contribution in [3.05, 3.63) is 0 Å². The summed E-state index contributed by atoms with van der Waals surface area (Å²) in [5, 5.41) is 2.94. The molecule has 25 heavy (non-hydrogen) atoms. The first-order valence-corrected chi connectivity index (χ1v) is 10.9. The molecule has 1 amide bonds. The fourth-order valence-corrected chi connectivity index (χ4v) is 4.91. The van der Waals surface area contributed by atoms with Crippen molar-refractivity contribution in [3.8, 4) is 0 Å². The van der Waals surface area contributed by atoms with E-state index in [0.29, 0.717) is 32.2 Å². The number of nitrogens with zero attached hydrogens (tertiary/aromatic N) is 1. The molecule has 1 aliphatic heterocycles. The summed E-state index contributed by atoms with van der Waals surface area (Å²) in [5.41, 5.74) is -0.947. The van der Waals surface area contributed by atoms with Crippen molar-refractivity contribution in [2.45, 2.75) is 64.3 Å². The molecule has 2 fully saturated rings. The third kappa shape index (κ3) is 4.73. The highest BCUT2D eigenvalue weighted by Gasteiger charge is 2.44. The second kappa shape index (κ2) is 8.49. The zero-order valence-corrected chi connectivity index (χ0v) is 16.1. The minimum atomic E-state index is -3.30. The molecular formula is C17H30N2O5S. The molecule has 0 aromatic rings. The Kier molecular flexibility index (Phi) is 6.85. The van der Waals surface area contributed by atoms with Crippen LogP contribution in [0.1, 0.15) is 58.8 Å². The van der Waals surface area contributed by atoms with Gasteiger partial charge in [0.2, 0.25) is 15.9 Å². The van der Waals surface area contributed by atoms with Crippen molar-refractivity contribution in [2.24, 2.45) is 5.92 Å². The van der Waals surface area contributed by atoms with Gasteiger partial charge in [0.05, 0.1) is 18.3 Å². The van der Waals surface area contributed by atoms with Crippen molar-refractivity contribution < 1.29 is 22.7 Å². The normalized spacial score (nSPS) is 24.5. The molecule has 2 rings (SSSR count). The number of carbonyl (C=O) groups excluding carboxylic acids is 2. The summed E-state index contributed by atoms with van der Waals surface area (Å²) in [7, 11) is -3.30. The number of rotatable bonds is 6. The Bertz CT molecular complexity index is 584. The first kappa shape index (κ1) is 20.2. The number of piperidine rings is 1. The van der Waals surface area contributed by atoms with Gasteiger partial charge in [0, 0.05) is 13.1 Å². The van der Waals surface area contributed by atoms with E-state index in [0.717, 1.165) is 19.3 Å². The van der Waals surface area contributed by atoms with Crippen molar-refractivity contribution in [1.82, 2.24) is 9.62 Å². The monoisotopic (exact) mass is 374 g/mol.